The molecule has 0 radical (unpaired) electrons. The summed E-state index contributed by atoms with van der Waals surface area (Å²) in [7, 11) is 1.93. The molecule has 3 fully saturated rings. The molecule has 2 aliphatic heterocycles. The van der Waals surface area contributed by atoms with E-state index in [1.54, 1.807) is 0 Å². The van der Waals surface area contributed by atoms with Crippen LogP contribution in [-0.4, -0.2) is 71.4 Å². The normalized spacial score (nSPS) is 29.0. The number of piperidine rings is 1. The number of nitrogens with zero attached hydrogens (tertiary/aromatic N) is 4. The third-order valence-corrected chi connectivity index (χ3v) is 5.81. The van der Waals surface area contributed by atoms with Crippen molar-refractivity contribution in [2.75, 3.05) is 45.9 Å². The van der Waals surface area contributed by atoms with Crippen LogP contribution in [0.1, 0.15) is 30.7 Å². The molecule has 1 amide bonds. The van der Waals surface area contributed by atoms with Gasteiger partial charge in [-0.1, -0.05) is 0 Å². The van der Waals surface area contributed by atoms with Crippen molar-refractivity contribution < 1.29 is 9.53 Å². The molecule has 0 spiro atoms. The molecule has 1 aliphatic carbocycles. The van der Waals surface area contributed by atoms with Crippen LogP contribution < -0.4 is 0 Å². The molecule has 24 heavy (non-hydrogen) atoms. The highest BCUT2D eigenvalue weighted by atomic mass is 16.5. The summed E-state index contributed by atoms with van der Waals surface area (Å²) in [6.45, 7) is 6.91. The summed E-state index contributed by atoms with van der Waals surface area (Å²) in [6.07, 6.45) is 7.25. The van der Waals surface area contributed by atoms with Crippen molar-refractivity contribution in [2.45, 2.75) is 25.2 Å². The first-order valence-corrected chi connectivity index (χ1v) is 9.28. The Morgan fingerprint density at radius 2 is 2.00 bits per heavy atom. The first-order valence-electron chi connectivity index (χ1n) is 9.28. The molecule has 0 unspecified atom stereocenters. The van der Waals surface area contributed by atoms with Crippen molar-refractivity contribution in [3.05, 3.63) is 18.0 Å². The molecule has 1 aromatic rings. The summed E-state index contributed by atoms with van der Waals surface area (Å²) >= 11 is 0. The predicted octanol–water partition coefficient (Wildman–Crippen LogP) is 1.09. The molecular weight excluding hydrogens is 304 g/mol. The summed E-state index contributed by atoms with van der Waals surface area (Å²) in [5.74, 6) is 1.71. The number of aromatic nitrogens is 2. The van der Waals surface area contributed by atoms with Gasteiger partial charge in [-0.3, -0.25) is 14.4 Å². The Kier molecular flexibility index (Phi) is 4.59. The second-order valence-electron chi connectivity index (χ2n) is 7.58. The first-order chi connectivity index (χ1) is 11.7. The molecule has 0 bridgehead atoms. The van der Waals surface area contributed by atoms with Gasteiger partial charge in [0.2, 0.25) is 5.91 Å². The third-order valence-electron chi connectivity index (χ3n) is 5.81. The standard InChI is InChI=1S/C18H28N4O2/c1-20-13-15(11-19-20)16-10-17(16)18(23)22-4-2-14(3-5-22)12-21-6-8-24-9-7-21/h11,13-14,16-17H,2-10,12H2,1H3/t16-,17+/m1/s1. The van der Waals surface area contributed by atoms with Crippen LogP contribution in [0.3, 0.4) is 0 Å². The van der Waals surface area contributed by atoms with Crippen molar-refractivity contribution in [3.63, 3.8) is 0 Å². The molecule has 132 valence electrons. The van der Waals surface area contributed by atoms with E-state index in [1.807, 2.05) is 24.1 Å². The summed E-state index contributed by atoms with van der Waals surface area (Å²) in [6, 6.07) is 0. The van der Waals surface area contributed by atoms with E-state index in [0.717, 1.165) is 64.6 Å². The van der Waals surface area contributed by atoms with Crippen LogP contribution in [0.25, 0.3) is 0 Å². The fourth-order valence-electron chi connectivity index (χ4n) is 4.19. The Bertz CT molecular complexity index is 573. The van der Waals surface area contributed by atoms with Gasteiger partial charge < -0.3 is 9.64 Å². The first kappa shape index (κ1) is 16.1. The lowest BCUT2D eigenvalue weighted by molar-refractivity contribution is -0.134. The molecule has 6 heteroatoms. The lowest BCUT2D eigenvalue weighted by atomic mass is 9.95. The molecule has 0 N–H and O–H groups in total. The highest BCUT2D eigenvalue weighted by molar-refractivity contribution is 5.83. The van der Waals surface area contributed by atoms with Gasteiger partial charge in [0.25, 0.3) is 0 Å². The van der Waals surface area contributed by atoms with Crippen LogP contribution in [0.2, 0.25) is 0 Å². The Balaban J connectivity index is 1.23. The van der Waals surface area contributed by atoms with Gasteiger partial charge in [-0.2, -0.15) is 5.10 Å². The fraction of sp³-hybridized carbons (Fsp3) is 0.778. The van der Waals surface area contributed by atoms with Crippen molar-refractivity contribution in [1.29, 1.82) is 0 Å². The van der Waals surface area contributed by atoms with Gasteiger partial charge in [0, 0.05) is 51.9 Å². The topological polar surface area (TPSA) is 50.6 Å². The SMILES string of the molecule is Cn1cc([C@H]2C[C@@H]2C(=O)N2CCC(CN3CCOCC3)CC2)cn1. The minimum atomic E-state index is 0.199. The summed E-state index contributed by atoms with van der Waals surface area (Å²) in [5, 5.41) is 4.23. The van der Waals surface area contributed by atoms with Gasteiger partial charge in [-0.15, -0.1) is 0 Å². The average Bonchev–Trinajstić information content (AvgIpc) is 3.30. The molecular formula is C18H28N4O2. The van der Waals surface area contributed by atoms with Gasteiger partial charge >= 0.3 is 0 Å². The molecule has 1 saturated carbocycles. The predicted molar refractivity (Wildman–Crippen MR) is 90.6 cm³/mol. The van der Waals surface area contributed by atoms with Crippen molar-refractivity contribution >= 4 is 5.91 Å². The number of likely N-dealkylation sites (tertiary alicyclic amines) is 1. The molecule has 2 saturated heterocycles. The monoisotopic (exact) mass is 332 g/mol. The van der Waals surface area contributed by atoms with E-state index < -0.39 is 0 Å². The average molecular weight is 332 g/mol. The maximum absolute atomic E-state index is 12.7. The smallest absolute Gasteiger partial charge is 0.226 e. The van der Waals surface area contributed by atoms with Crippen LogP contribution in [0, 0.1) is 11.8 Å². The zero-order chi connectivity index (χ0) is 16.5. The largest absolute Gasteiger partial charge is 0.379 e. The second-order valence-corrected chi connectivity index (χ2v) is 7.58. The van der Waals surface area contributed by atoms with Gasteiger partial charge in [0.05, 0.1) is 19.4 Å². The number of hydrogen-bond acceptors (Lipinski definition) is 4. The number of morpholine rings is 1. The van der Waals surface area contributed by atoms with Crippen molar-refractivity contribution in [1.82, 2.24) is 19.6 Å². The van der Waals surface area contributed by atoms with Gasteiger partial charge in [0.15, 0.2) is 0 Å². The number of aryl methyl sites for hydroxylation is 1. The Morgan fingerprint density at radius 3 is 2.67 bits per heavy atom. The molecule has 2 atom stereocenters. The van der Waals surface area contributed by atoms with E-state index >= 15 is 0 Å². The minimum absolute atomic E-state index is 0.199. The van der Waals surface area contributed by atoms with E-state index in [4.69, 9.17) is 4.74 Å². The lowest BCUT2D eigenvalue weighted by Gasteiger charge is -2.36. The summed E-state index contributed by atoms with van der Waals surface area (Å²) in [4.78, 5) is 17.3. The third kappa shape index (κ3) is 3.49. The van der Waals surface area contributed by atoms with E-state index in [0.29, 0.717) is 11.8 Å². The Labute approximate surface area is 143 Å². The summed E-state index contributed by atoms with van der Waals surface area (Å²) in [5.41, 5.74) is 1.22. The number of amides is 1. The van der Waals surface area contributed by atoms with Gasteiger partial charge in [0.1, 0.15) is 0 Å². The van der Waals surface area contributed by atoms with Crippen molar-refractivity contribution in [2.24, 2.45) is 18.9 Å². The zero-order valence-corrected chi connectivity index (χ0v) is 14.6. The number of rotatable bonds is 4. The van der Waals surface area contributed by atoms with Crippen LogP contribution in [-0.2, 0) is 16.6 Å². The fourth-order valence-corrected chi connectivity index (χ4v) is 4.19. The molecule has 4 rings (SSSR count). The van der Waals surface area contributed by atoms with Crippen molar-refractivity contribution in [3.8, 4) is 0 Å². The number of carbonyl (C=O) groups is 1. The van der Waals surface area contributed by atoms with Crippen LogP contribution in [0.15, 0.2) is 12.4 Å². The van der Waals surface area contributed by atoms with Crippen LogP contribution >= 0.6 is 0 Å². The number of ether oxygens (including phenoxy) is 1. The Morgan fingerprint density at radius 1 is 1.25 bits per heavy atom. The second kappa shape index (κ2) is 6.84. The Hall–Kier alpha value is -1.40. The van der Waals surface area contributed by atoms with E-state index in [2.05, 4.69) is 14.9 Å². The van der Waals surface area contributed by atoms with E-state index in [9.17, 15) is 4.79 Å². The maximum Gasteiger partial charge on any atom is 0.226 e. The summed E-state index contributed by atoms with van der Waals surface area (Å²) < 4.78 is 7.24. The highest BCUT2D eigenvalue weighted by Gasteiger charge is 2.46. The minimum Gasteiger partial charge on any atom is -0.379 e. The molecule has 6 nitrogen and oxygen atoms in total. The molecule has 1 aromatic heterocycles. The molecule has 3 heterocycles. The van der Waals surface area contributed by atoms with E-state index in [1.165, 1.54) is 12.1 Å². The highest BCUT2D eigenvalue weighted by Crippen LogP contribution is 2.48. The van der Waals surface area contributed by atoms with Crippen LogP contribution in [0.4, 0.5) is 0 Å². The quantitative estimate of drug-likeness (QED) is 0.828. The van der Waals surface area contributed by atoms with E-state index in [-0.39, 0.29) is 5.92 Å². The number of carbonyl (C=O) groups excluding carboxylic acids is 1. The van der Waals surface area contributed by atoms with Crippen LogP contribution in [0.5, 0.6) is 0 Å². The van der Waals surface area contributed by atoms with Gasteiger partial charge in [-0.25, -0.2) is 0 Å². The molecule has 0 aromatic carbocycles. The zero-order valence-electron chi connectivity index (χ0n) is 14.6. The molecule has 3 aliphatic rings. The maximum atomic E-state index is 12.7. The lowest BCUT2D eigenvalue weighted by Crippen LogP contribution is -2.44. The number of hydrogen-bond donors (Lipinski definition) is 0. The van der Waals surface area contributed by atoms with Gasteiger partial charge in [-0.05, 0) is 36.7 Å².